The molecule has 1 aromatic carbocycles. The number of hydrogen-bond donors (Lipinski definition) is 1. The third-order valence-corrected chi connectivity index (χ3v) is 3.09. The summed E-state index contributed by atoms with van der Waals surface area (Å²) >= 11 is 0. The summed E-state index contributed by atoms with van der Waals surface area (Å²) in [5, 5.41) is 16.9. The summed E-state index contributed by atoms with van der Waals surface area (Å²) in [4.78, 5) is 4.35. The monoisotopic (exact) mass is 264 g/mol. The number of fused-ring (bicyclic) bond motifs is 1. The number of nitriles is 1. The third-order valence-electron chi connectivity index (χ3n) is 3.09. The fourth-order valence-electron chi connectivity index (χ4n) is 2.06. The molecule has 0 bridgehead atoms. The van der Waals surface area contributed by atoms with Crippen molar-refractivity contribution in [2.75, 3.05) is 0 Å². The van der Waals surface area contributed by atoms with Gasteiger partial charge in [-0.2, -0.15) is 10.4 Å². The number of aromatic amines is 1. The van der Waals surface area contributed by atoms with Crippen LogP contribution in [0.5, 0.6) is 5.88 Å². The molecule has 2 aromatic heterocycles. The van der Waals surface area contributed by atoms with Gasteiger partial charge in [-0.05, 0) is 12.5 Å². The van der Waals surface area contributed by atoms with Crippen molar-refractivity contribution in [3.63, 3.8) is 0 Å². The fourth-order valence-corrected chi connectivity index (χ4v) is 2.06. The Hall–Kier alpha value is -2.87. The van der Waals surface area contributed by atoms with E-state index in [1.807, 2.05) is 37.3 Å². The van der Waals surface area contributed by atoms with Gasteiger partial charge in [0.15, 0.2) is 0 Å². The Kier molecular flexibility index (Phi) is 3.05. The lowest BCUT2D eigenvalue weighted by molar-refractivity contribution is 0.293. The quantitative estimate of drug-likeness (QED) is 0.789. The molecule has 0 radical (unpaired) electrons. The predicted octanol–water partition coefficient (Wildman–Crippen LogP) is 2.72. The molecule has 0 saturated heterocycles. The van der Waals surface area contributed by atoms with Crippen LogP contribution < -0.4 is 4.74 Å². The zero-order chi connectivity index (χ0) is 13.9. The molecule has 98 valence electrons. The second kappa shape index (κ2) is 5.02. The number of pyridine rings is 1. The number of aromatic nitrogens is 3. The SMILES string of the molecule is Cc1nc(OCc2ccccc2)c(C#N)c2[nH]ncc12. The van der Waals surface area contributed by atoms with Crippen molar-refractivity contribution < 1.29 is 4.74 Å². The third kappa shape index (κ3) is 2.08. The Morgan fingerprint density at radius 1 is 1.30 bits per heavy atom. The summed E-state index contributed by atoms with van der Waals surface area (Å²) in [6, 6.07) is 11.9. The maximum absolute atomic E-state index is 9.31. The Bertz CT molecular complexity index is 787. The Balaban J connectivity index is 1.97. The van der Waals surface area contributed by atoms with Crippen molar-refractivity contribution >= 4 is 10.9 Å². The van der Waals surface area contributed by atoms with Gasteiger partial charge >= 0.3 is 0 Å². The molecule has 3 rings (SSSR count). The topological polar surface area (TPSA) is 74.6 Å². The van der Waals surface area contributed by atoms with Gasteiger partial charge in [0.2, 0.25) is 5.88 Å². The second-order valence-electron chi connectivity index (χ2n) is 4.42. The van der Waals surface area contributed by atoms with Crippen LogP contribution >= 0.6 is 0 Å². The van der Waals surface area contributed by atoms with Gasteiger partial charge in [0.05, 0.1) is 17.4 Å². The van der Waals surface area contributed by atoms with Crippen LogP contribution in [0.2, 0.25) is 0 Å². The van der Waals surface area contributed by atoms with Crippen LogP contribution in [0.25, 0.3) is 10.9 Å². The molecular weight excluding hydrogens is 252 g/mol. The Labute approximate surface area is 115 Å². The summed E-state index contributed by atoms with van der Waals surface area (Å²) in [6.45, 7) is 2.25. The number of nitrogens with zero attached hydrogens (tertiary/aromatic N) is 3. The van der Waals surface area contributed by atoms with E-state index in [9.17, 15) is 5.26 Å². The fraction of sp³-hybridized carbons (Fsp3) is 0.133. The van der Waals surface area contributed by atoms with Crippen LogP contribution in [-0.2, 0) is 6.61 Å². The molecule has 2 heterocycles. The second-order valence-corrected chi connectivity index (χ2v) is 4.42. The molecule has 5 nitrogen and oxygen atoms in total. The maximum atomic E-state index is 9.31. The van der Waals surface area contributed by atoms with Crippen molar-refractivity contribution in [3.05, 3.63) is 53.3 Å². The van der Waals surface area contributed by atoms with Crippen molar-refractivity contribution in [3.8, 4) is 11.9 Å². The lowest BCUT2D eigenvalue weighted by Gasteiger charge is -2.08. The molecule has 20 heavy (non-hydrogen) atoms. The molecule has 0 spiro atoms. The van der Waals surface area contributed by atoms with Gasteiger partial charge in [-0.25, -0.2) is 4.98 Å². The van der Waals surface area contributed by atoms with Crippen LogP contribution in [0.15, 0.2) is 36.5 Å². The molecule has 0 aliphatic heterocycles. The van der Waals surface area contributed by atoms with E-state index in [0.717, 1.165) is 16.6 Å². The van der Waals surface area contributed by atoms with Crippen molar-refractivity contribution in [1.82, 2.24) is 15.2 Å². The highest BCUT2D eigenvalue weighted by Gasteiger charge is 2.14. The highest BCUT2D eigenvalue weighted by atomic mass is 16.5. The summed E-state index contributed by atoms with van der Waals surface area (Å²) in [7, 11) is 0. The Morgan fingerprint density at radius 2 is 2.10 bits per heavy atom. The van der Waals surface area contributed by atoms with Gasteiger partial charge in [0.25, 0.3) is 0 Å². The zero-order valence-corrected chi connectivity index (χ0v) is 10.9. The number of ether oxygens (including phenoxy) is 1. The molecule has 5 heteroatoms. The maximum Gasteiger partial charge on any atom is 0.234 e. The summed E-state index contributed by atoms with van der Waals surface area (Å²) in [5.41, 5.74) is 2.87. The van der Waals surface area contributed by atoms with E-state index in [1.54, 1.807) is 6.20 Å². The van der Waals surface area contributed by atoms with Crippen LogP contribution in [0.3, 0.4) is 0 Å². The number of hydrogen-bond acceptors (Lipinski definition) is 4. The summed E-state index contributed by atoms with van der Waals surface area (Å²) in [6.07, 6.45) is 1.67. The van der Waals surface area contributed by atoms with Crippen molar-refractivity contribution in [1.29, 1.82) is 5.26 Å². The lowest BCUT2D eigenvalue weighted by Crippen LogP contribution is -2.01. The molecule has 0 saturated carbocycles. The first kappa shape index (κ1) is 12.2. The van der Waals surface area contributed by atoms with Crippen LogP contribution in [0, 0.1) is 18.3 Å². The van der Waals surface area contributed by atoms with Gasteiger partial charge < -0.3 is 4.74 Å². The van der Waals surface area contributed by atoms with Crippen LogP contribution in [0.4, 0.5) is 0 Å². The van der Waals surface area contributed by atoms with Gasteiger partial charge in [-0.1, -0.05) is 30.3 Å². The molecule has 0 unspecified atom stereocenters. The van der Waals surface area contributed by atoms with Gasteiger partial charge in [0, 0.05) is 5.39 Å². The summed E-state index contributed by atoms with van der Waals surface area (Å²) in [5.74, 6) is 0.339. The van der Waals surface area contributed by atoms with Crippen molar-refractivity contribution in [2.45, 2.75) is 13.5 Å². The van der Waals surface area contributed by atoms with Crippen LogP contribution in [0.1, 0.15) is 16.8 Å². The Morgan fingerprint density at radius 3 is 2.85 bits per heavy atom. The van der Waals surface area contributed by atoms with E-state index in [-0.39, 0.29) is 0 Å². The zero-order valence-electron chi connectivity index (χ0n) is 10.9. The van der Waals surface area contributed by atoms with E-state index in [0.29, 0.717) is 23.6 Å². The first-order chi connectivity index (χ1) is 9.79. The van der Waals surface area contributed by atoms with E-state index < -0.39 is 0 Å². The number of aryl methyl sites for hydroxylation is 1. The number of benzene rings is 1. The van der Waals surface area contributed by atoms with E-state index in [4.69, 9.17) is 4.74 Å². The smallest absolute Gasteiger partial charge is 0.234 e. The highest BCUT2D eigenvalue weighted by molar-refractivity contribution is 5.87. The minimum absolute atomic E-state index is 0.339. The minimum Gasteiger partial charge on any atom is -0.472 e. The first-order valence-corrected chi connectivity index (χ1v) is 6.20. The average molecular weight is 264 g/mol. The highest BCUT2D eigenvalue weighted by Crippen LogP contribution is 2.26. The normalized spacial score (nSPS) is 10.4. The number of nitrogens with one attached hydrogen (secondary N) is 1. The number of rotatable bonds is 3. The molecule has 3 aromatic rings. The number of H-pyrrole nitrogens is 1. The van der Waals surface area contributed by atoms with Gasteiger partial charge in [-0.15, -0.1) is 0 Å². The predicted molar refractivity (Wildman–Crippen MR) is 74.1 cm³/mol. The van der Waals surface area contributed by atoms with Gasteiger partial charge in [0.1, 0.15) is 18.2 Å². The van der Waals surface area contributed by atoms with E-state index in [2.05, 4.69) is 21.3 Å². The van der Waals surface area contributed by atoms with Crippen molar-refractivity contribution in [2.24, 2.45) is 0 Å². The molecule has 0 aliphatic rings. The molecule has 0 aliphatic carbocycles. The molecule has 0 atom stereocenters. The average Bonchev–Trinajstić information content (AvgIpc) is 2.96. The largest absolute Gasteiger partial charge is 0.472 e. The molecule has 0 fully saturated rings. The minimum atomic E-state index is 0.339. The van der Waals surface area contributed by atoms with E-state index >= 15 is 0 Å². The first-order valence-electron chi connectivity index (χ1n) is 6.20. The van der Waals surface area contributed by atoms with E-state index in [1.165, 1.54) is 0 Å². The molecule has 0 amide bonds. The molecule has 1 N–H and O–H groups in total. The van der Waals surface area contributed by atoms with Gasteiger partial charge in [-0.3, -0.25) is 5.10 Å². The molecular formula is C15H12N4O. The van der Waals surface area contributed by atoms with Crippen LogP contribution in [-0.4, -0.2) is 15.2 Å². The lowest BCUT2D eigenvalue weighted by atomic mass is 10.2. The summed E-state index contributed by atoms with van der Waals surface area (Å²) < 4.78 is 5.69. The standard InChI is InChI=1S/C15H12N4O/c1-10-13-8-17-19-14(13)12(7-16)15(18-10)20-9-11-5-3-2-4-6-11/h2-6,8H,9H2,1H3,(H,17,19).